The van der Waals surface area contributed by atoms with Crippen molar-refractivity contribution in [3.05, 3.63) is 18.2 Å². The van der Waals surface area contributed by atoms with Gasteiger partial charge in [0.15, 0.2) is 0 Å². The molecule has 3 aliphatic rings. The molecule has 4 rings (SSSR count). The largest absolute Gasteiger partial charge is 0.371 e. The van der Waals surface area contributed by atoms with Gasteiger partial charge in [0.25, 0.3) is 0 Å². The lowest BCUT2D eigenvalue weighted by molar-refractivity contribution is -0.117. The fraction of sp³-hybridized carbons (Fsp3) is 0.611. The molecule has 118 valence electrons. The van der Waals surface area contributed by atoms with E-state index in [1.54, 1.807) is 0 Å². The number of nitrogens with one attached hydrogen (secondary N) is 1. The van der Waals surface area contributed by atoms with Crippen LogP contribution in [0.2, 0.25) is 0 Å². The summed E-state index contributed by atoms with van der Waals surface area (Å²) in [5, 5.41) is 3.21. The molecule has 2 aliphatic heterocycles. The van der Waals surface area contributed by atoms with Crippen molar-refractivity contribution in [2.45, 2.75) is 38.5 Å². The number of amides is 1. The molecule has 0 aromatic heterocycles. The Morgan fingerprint density at radius 1 is 0.955 bits per heavy atom. The summed E-state index contributed by atoms with van der Waals surface area (Å²) in [5.74, 6) is 0.459. The van der Waals surface area contributed by atoms with E-state index in [0.29, 0.717) is 0 Å². The second kappa shape index (κ2) is 5.82. The summed E-state index contributed by atoms with van der Waals surface area (Å²) in [6, 6.07) is 6.63. The molecular weight excluding hydrogens is 274 g/mol. The summed E-state index contributed by atoms with van der Waals surface area (Å²) in [7, 11) is 0. The molecule has 4 heteroatoms. The molecule has 1 saturated carbocycles. The number of nitrogens with zero attached hydrogens (tertiary/aromatic N) is 2. The predicted molar refractivity (Wildman–Crippen MR) is 90.7 cm³/mol. The van der Waals surface area contributed by atoms with Gasteiger partial charge in [-0.25, -0.2) is 0 Å². The minimum absolute atomic E-state index is 0.207. The lowest BCUT2D eigenvalue weighted by Crippen LogP contribution is -2.23. The molecule has 1 amide bonds. The summed E-state index contributed by atoms with van der Waals surface area (Å²) in [5.41, 5.74) is 3.48. The first-order valence-corrected chi connectivity index (χ1v) is 8.76. The van der Waals surface area contributed by atoms with Crippen molar-refractivity contribution in [1.82, 2.24) is 0 Å². The second-order valence-corrected chi connectivity index (χ2v) is 6.85. The van der Waals surface area contributed by atoms with Crippen LogP contribution in [0, 0.1) is 5.92 Å². The molecule has 0 radical (unpaired) electrons. The molecule has 0 bridgehead atoms. The zero-order valence-electron chi connectivity index (χ0n) is 13.2. The van der Waals surface area contributed by atoms with Gasteiger partial charge in [-0.15, -0.1) is 0 Å². The zero-order valence-corrected chi connectivity index (χ0v) is 13.2. The van der Waals surface area contributed by atoms with Crippen molar-refractivity contribution in [2.75, 3.05) is 41.3 Å². The summed E-state index contributed by atoms with van der Waals surface area (Å²) in [6.45, 7) is 4.49. The van der Waals surface area contributed by atoms with Crippen LogP contribution in [0.5, 0.6) is 0 Å². The van der Waals surface area contributed by atoms with Crippen LogP contribution in [0.4, 0.5) is 17.1 Å². The summed E-state index contributed by atoms with van der Waals surface area (Å²) in [4.78, 5) is 17.1. The Morgan fingerprint density at radius 2 is 1.59 bits per heavy atom. The van der Waals surface area contributed by atoms with Gasteiger partial charge < -0.3 is 15.1 Å². The monoisotopic (exact) mass is 299 g/mol. The number of rotatable bonds is 4. The number of hydrogen-bond acceptors (Lipinski definition) is 3. The number of carbonyl (C=O) groups excluding carboxylic acids is 1. The molecule has 3 fully saturated rings. The van der Waals surface area contributed by atoms with Crippen LogP contribution in [0.15, 0.2) is 18.2 Å². The Kier molecular flexibility index (Phi) is 3.68. The molecule has 1 N–H and O–H groups in total. The number of hydrogen-bond donors (Lipinski definition) is 1. The average molecular weight is 299 g/mol. The quantitative estimate of drug-likeness (QED) is 0.927. The van der Waals surface area contributed by atoms with Crippen molar-refractivity contribution in [3.63, 3.8) is 0 Å². The lowest BCUT2D eigenvalue weighted by atomic mass is 10.2. The highest BCUT2D eigenvalue weighted by molar-refractivity contribution is 5.97. The van der Waals surface area contributed by atoms with E-state index in [1.807, 2.05) is 0 Å². The van der Waals surface area contributed by atoms with Crippen LogP contribution in [0.3, 0.4) is 0 Å². The van der Waals surface area contributed by atoms with Gasteiger partial charge >= 0.3 is 0 Å². The van der Waals surface area contributed by atoms with Crippen molar-refractivity contribution in [2.24, 2.45) is 5.92 Å². The van der Waals surface area contributed by atoms with Gasteiger partial charge in [-0.05, 0) is 56.7 Å². The van der Waals surface area contributed by atoms with Gasteiger partial charge in [-0.3, -0.25) is 4.79 Å². The van der Waals surface area contributed by atoms with Gasteiger partial charge in [0.1, 0.15) is 0 Å². The zero-order chi connectivity index (χ0) is 14.9. The standard InChI is InChI=1S/C18H25N3O/c22-18(14-5-6-14)19-16-13-15(20-9-1-2-10-20)7-8-17(16)21-11-3-4-12-21/h7-8,13-14H,1-6,9-12H2,(H,19,22). The van der Waals surface area contributed by atoms with Crippen LogP contribution in [-0.4, -0.2) is 32.1 Å². The summed E-state index contributed by atoms with van der Waals surface area (Å²) >= 11 is 0. The molecule has 0 spiro atoms. The minimum Gasteiger partial charge on any atom is -0.371 e. The van der Waals surface area contributed by atoms with Gasteiger partial charge in [0.05, 0.1) is 11.4 Å². The molecule has 2 saturated heterocycles. The van der Waals surface area contributed by atoms with E-state index in [2.05, 4.69) is 33.3 Å². The van der Waals surface area contributed by atoms with Crippen molar-refractivity contribution in [1.29, 1.82) is 0 Å². The highest BCUT2D eigenvalue weighted by atomic mass is 16.2. The molecule has 1 aromatic rings. The third-order valence-electron chi connectivity index (χ3n) is 5.10. The van der Waals surface area contributed by atoms with E-state index in [4.69, 9.17) is 0 Å². The van der Waals surface area contributed by atoms with Crippen LogP contribution in [-0.2, 0) is 4.79 Å². The van der Waals surface area contributed by atoms with Gasteiger partial charge in [0, 0.05) is 37.8 Å². The summed E-state index contributed by atoms with van der Waals surface area (Å²) in [6.07, 6.45) is 7.16. The maximum absolute atomic E-state index is 12.2. The van der Waals surface area contributed by atoms with Crippen LogP contribution < -0.4 is 15.1 Å². The van der Waals surface area contributed by atoms with Crippen molar-refractivity contribution >= 4 is 23.0 Å². The second-order valence-electron chi connectivity index (χ2n) is 6.85. The lowest BCUT2D eigenvalue weighted by Gasteiger charge is -2.25. The summed E-state index contributed by atoms with van der Waals surface area (Å²) < 4.78 is 0. The maximum atomic E-state index is 12.2. The van der Waals surface area contributed by atoms with Gasteiger partial charge in [0.2, 0.25) is 5.91 Å². The molecule has 2 heterocycles. The molecular formula is C18H25N3O. The SMILES string of the molecule is O=C(Nc1cc(N2CCCC2)ccc1N1CCCC1)C1CC1. The van der Waals surface area contributed by atoms with Crippen LogP contribution in [0.25, 0.3) is 0 Å². The highest BCUT2D eigenvalue weighted by Gasteiger charge is 2.30. The van der Waals surface area contributed by atoms with E-state index in [0.717, 1.165) is 44.7 Å². The molecule has 0 atom stereocenters. The van der Waals surface area contributed by atoms with E-state index in [1.165, 1.54) is 37.1 Å². The molecule has 1 aliphatic carbocycles. The van der Waals surface area contributed by atoms with E-state index >= 15 is 0 Å². The third-order valence-corrected chi connectivity index (χ3v) is 5.10. The topological polar surface area (TPSA) is 35.6 Å². The molecule has 4 nitrogen and oxygen atoms in total. The predicted octanol–water partition coefficient (Wildman–Crippen LogP) is 3.24. The molecule has 1 aromatic carbocycles. The number of carbonyl (C=O) groups is 1. The maximum Gasteiger partial charge on any atom is 0.227 e. The van der Waals surface area contributed by atoms with Crippen LogP contribution in [0.1, 0.15) is 38.5 Å². The Balaban J connectivity index is 1.62. The van der Waals surface area contributed by atoms with E-state index in [-0.39, 0.29) is 11.8 Å². The minimum atomic E-state index is 0.207. The van der Waals surface area contributed by atoms with Gasteiger partial charge in [-0.2, -0.15) is 0 Å². The Labute approximate surface area is 132 Å². The van der Waals surface area contributed by atoms with E-state index < -0.39 is 0 Å². The third kappa shape index (κ3) is 2.79. The van der Waals surface area contributed by atoms with Crippen molar-refractivity contribution in [3.8, 4) is 0 Å². The fourth-order valence-corrected chi connectivity index (χ4v) is 3.61. The normalized spacial score (nSPS) is 21.5. The molecule has 22 heavy (non-hydrogen) atoms. The number of anilines is 3. The fourth-order valence-electron chi connectivity index (χ4n) is 3.61. The Bertz CT molecular complexity index is 555. The highest BCUT2D eigenvalue weighted by Crippen LogP contribution is 2.36. The Hall–Kier alpha value is -1.71. The van der Waals surface area contributed by atoms with Crippen molar-refractivity contribution < 1.29 is 4.79 Å². The number of benzene rings is 1. The average Bonchev–Trinajstić information content (AvgIpc) is 3.03. The first-order chi connectivity index (χ1) is 10.8. The van der Waals surface area contributed by atoms with E-state index in [9.17, 15) is 4.79 Å². The first-order valence-electron chi connectivity index (χ1n) is 8.76. The van der Waals surface area contributed by atoms with Gasteiger partial charge in [-0.1, -0.05) is 0 Å². The molecule has 0 unspecified atom stereocenters. The first kappa shape index (κ1) is 13.9. The van der Waals surface area contributed by atoms with Crippen LogP contribution >= 0.6 is 0 Å². The Morgan fingerprint density at radius 3 is 2.23 bits per heavy atom. The smallest absolute Gasteiger partial charge is 0.227 e.